The molecule has 2 aromatic rings. The highest BCUT2D eigenvalue weighted by atomic mass is 32.1. The molecule has 2 rings (SSSR count). The summed E-state index contributed by atoms with van der Waals surface area (Å²) in [7, 11) is 0. The Kier molecular flexibility index (Phi) is 4.71. The first kappa shape index (κ1) is 15.9. The average Bonchev–Trinajstić information content (AvgIpc) is 2.42. The van der Waals surface area contributed by atoms with Gasteiger partial charge in [0, 0.05) is 11.4 Å². The van der Waals surface area contributed by atoms with E-state index >= 15 is 0 Å². The Morgan fingerprint density at radius 3 is 1.82 bits per heavy atom. The number of ether oxygens (including phenoxy) is 1. The van der Waals surface area contributed by atoms with E-state index in [9.17, 15) is 13.2 Å². The number of halogens is 3. The number of rotatable bonds is 3. The molecule has 0 saturated carbocycles. The van der Waals surface area contributed by atoms with Crippen LogP contribution in [0.1, 0.15) is 0 Å². The third-order valence-electron chi connectivity index (χ3n) is 2.47. The Labute approximate surface area is 129 Å². The molecule has 0 atom stereocenters. The van der Waals surface area contributed by atoms with E-state index in [-0.39, 0.29) is 16.6 Å². The Bertz CT molecular complexity index is 643. The minimum absolute atomic E-state index is 0.129. The van der Waals surface area contributed by atoms with Crippen molar-refractivity contribution in [1.29, 1.82) is 0 Å². The SMILES string of the molecule is Oc1ccc(NC(=S)Nc2ccc(OC(F)(F)F)cc2)cc1. The fourth-order valence-electron chi connectivity index (χ4n) is 1.58. The van der Waals surface area contributed by atoms with E-state index in [1.54, 1.807) is 12.1 Å². The smallest absolute Gasteiger partial charge is 0.508 e. The number of phenols is 1. The molecule has 0 aliphatic heterocycles. The lowest BCUT2D eigenvalue weighted by atomic mass is 10.3. The number of phenolic OH excluding ortho intramolecular Hbond substituents is 1. The summed E-state index contributed by atoms with van der Waals surface area (Å²) in [5, 5.41) is 15.1. The van der Waals surface area contributed by atoms with Gasteiger partial charge in [-0.2, -0.15) is 0 Å². The molecule has 3 N–H and O–H groups in total. The molecule has 8 heteroatoms. The van der Waals surface area contributed by atoms with Crippen molar-refractivity contribution in [3.8, 4) is 11.5 Å². The van der Waals surface area contributed by atoms with Crippen LogP contribution in [0.25, 0.3) is 0 Å². The van der Waals surface area contributed by atoms with Crippen LogP contribution in [0.2, 0.25) is 0 Å². The van der Waals surface area contributed by atoms with Crippen LogP contribution in [-0.4, -0.2) is 16.6 Å². The second-order valence-corrected chi connectivity index (χ2v) is 4.61. The normalized spacial score (nSPS) is 10.9. The van der Waals surface area contributed by atoms with Gasteiger partial charge >= 0.3 is 6.36 Å². The van der Waals surface area contributed by atoms with Crippen molar-refractivity contribution in [2.24, 2.45) is 0 Å². The Balaban J connectivity index is 1.93. The maximum absolute atomic E-state index is 12.0. The number of alkyl halides is 3. The molecule has 0 spiro atoms. The molecule has 2 aromatic carbocycles. The summed E-state index contributed by atoms with van der Waals surface area (Å²) in [4.78, 5) is 0. The third-order valence-corrected chi connectivity index (χ3v) is 2.68. The van der Waals surface area contributed by atoms with Crippen LogP contribution in [0.15, 0.2) is 48.5 Å². The van der Waals surface area contributed by atoms with E-state index in [4.69, 9.17) is 17.3 Å². The van der Waals surface area contributed by atoms with E-state index < -0.39 is 6.36 Å². The van der Waals surface area contributed by atoms with Crippen molar-refractivity contribution in [2.75, 3.05) is 10.6 Å². The highest BCUT2D eigenvalue weighted by Crippen LogP contribution is 2.24. The molecular formula is C14H11F3N2O2S. The number of thiocarbonyl (C=S) groups is 1. The van der Waals surface area contributed by atoms with Gasteiger partial charge in [-0.15, -0.1) is 13.2 Å². The van der Waals surface area contributed by atoms with Gasteiger partial charge in [0.05, 0.1) is 0 Å². The van der Waals surface area contributed by atoms with Crippen molar-refractivity contribution >= 4 is 28.7 Å². The van der Waals surface area contributed by atoms with Crippen LogP contribution >= 0.6 is 12.2 Å². The van der Waals surface area contributed by atoms with Crippen molar-refractivity contribution in [1.82, 2.24) is 0 Å². The van der Waals surface area contributed by atoms with Crippen LogP contribution in [0.5, 0.6) is 11.5 Å². The zero-order valence-corrected chi connectivity index (χ0v) is 11.8. The number of benzene rings is 2. The molecule has 0 aromatic heterocycles. The van der Waals surface area contributed by atoms with Gasteiger partial charge in [-0.05, 0) is 60.7 Å². The number of nitrogens with one attached hydrogen (secondary N) is 2. The monoisotopic (exact) mass is 328 g/mol. The van der Waals surface area contributed by atoms with Gasteiger partial charge in [0.15, 0.2) is 5.11 Å². The second kappa shape index (κ2) is 6.52. The van der Waals surface area contributed by atoms with Crippen molar-refractivity contribution in [2.45, 2.75) is 6.36 Å². The van der Waals surface area contributed by atoms with Gasteiger partial charge in [-0.25, -0.2) is 0 Å². The summed E-state index contributed by atoms with van der Waals surface area (Å²) < 4.78 is 39.9. The number of anilines is 2. The van der Waals surface area contributed by atoms with E-state index in [2.05, 4.69) is 15.4 Å². The predicted octanol–water partition coefficient (Wildman–Crippen LogP) is 4.10. The topological polar surface area (TPSA) is 53.5 Å². The molecule has 0 fully saturated rings. The molecule has 116 valence electrons. The lowest BCUT2D eigenvalue weighted by Gasteiger charge is -2.12. The average molecular weight is 328 g/mol. The Hall–Kier alpha value is -2.48. The predicted molar refractivity (Wildman–Crippen MR) is 81.1 cm³/mol. The van der Waals surface area contributed by atoms with E-state index in [0.29, 0.717) is 11.4 Å². The van der Waals surface area contributed by atoms with Gasteiger partial charge in [0.1, 0.15) is 11.5 Å². The lowest BCUT2D eigenvalue weighted by molar-refractivity contribution is -0.274. The minimum Gasteiger partial charge on any atom is -0.508 e. The standard InChI is InChI=1S/C14H11F3N2O2S/c15-14(16,17)21-12-7-3-10(4-8-12)19-13(22)18-9-1-5-11(20)6-2-9/h1-8,20H,(H2,18,19,22). The largest absolute Gasteiger partial charge is 0.573 e. The first-order valence-electron chi connectivity index (χ1n) is 6.05. The molecule has 0 saturated heterocycles. The van der Waals surface area contributed by atoms with Gasteiger partial charge in [-0.3, -0.25) is 0 Å². The van der Waals surface area contributed by atoms with E-state index in [1.807, 2.05) is 0 Å². The molecule has 0 heterocycles. The molecule has 0 radical (unpaired) electrons. The van der Waals surface area contributed by atoms with Gasteiger partial charge < -0.3 is 20.5 Å². The summed E-state index contributed by atoms with van der Waals surface area (Å²) >= 11 is 5.08. The number of aromatic hydroxyl groups is 1. The molecule has 22 heavy (non-hydrogen) atoms. The summed E-state index contributed by atoms with van der Waals surface area (Å²) in [6.45, 7) is 0. The Morgan fingerprint density at radius 1 is 0.909 bits per heavy atom. The first-order chi connectivity index (χ1) is 10.3. The van der Waals surface area contributed by atoms with Crippen molar-refractivity contribution in [3.05, 3.63) is 48.5 Å². The van der Waals surface area contributed by atoms with Crippen LogP contribution in [0, 0.1) is 0 Å². The van der Waals surface area contributed by atoms with Crippen molar-refractivity contribution in [3.63, 3.8) is 0 Å². The number of hydrogen-bond acceptors (Lipinski definition) is 3. The molecule has 4 nitrogen and oxygen atoms in total. The van der Waals surface area contributed by atoms with Crippen LogP contribution < -0.4 is 15.4 Å². The summed E-state index contributed by atoms with van der Waals surface area (Å²) in [6.07, 6.45) is -4.72. The van der Waals surface area contributed by atoms with Crippen LogP contribution in [0.3, 0.4) is 0 Å². The number of hydrogen-bond donors (Lipinski definition) is 3. The molecule has 0 unspecified atom stereocenters. The van der Waals surface area contributed by atoms with Gasteiger partial charge in [-0.1, -0.05) is 0 Å². The molecule has 0 aliphatic carbocycles. The fourth-order valence-corrected chi connectivity index (χ4v) is 1.81. The molecular weight excluding hydrogens is 317 g/mol. The minimum atomic E-state index is -4.72. The zero-order valence-electron chi connectivity index (χ0n) is 11.0. The third kappa shape index (κ3) is 5.13. The summed E-state index contributed by atoms with van der Waals surface area (Å²) in [5.74, 6) is -0.180. The molecule has 0 amide bonds. The molecule has 0 bridgehead atoms. The highest BCUT2D eigenvalue weighted by Gasteiger charge is 2.30. The zero-order chi connectivity index (χ0) is 16.2. The maximum Gasteiger partial charge on any atom is 0.573 e. The van der Waals surface area contributed by atoms with Crippen molar-refractivity contribution < 1.29 is 23.0 Å². The van der Waals surface area contributed by atoms with Gasteiger partial charge in [0.25, 0.3) is 0 Å². The van der Waals surface area contributed by atoms with E-state index in [0.717, 1.165) is 0 Å². The van der Waals surface area contributed by atoms with Gasteiger partial charge in [0.2, 0.25) is 0 Å². The molecule has 0 aliphatic rings. The second-order valence-electron chi connectivity index (χ2n) is 4.20. The highest BCUT2D eigenvalue weighted by molar-refractivity contribution is 7.80. The summed E-state index contributed by atoms with van der Waals surface area (Å²) in [6, 6.07) is 11.4. The van der Waals surface area contributed by atoms with Crippen LogP contribution in [0.4, 0.5) is 24.5 Å². The fraction of sp³-hybridized carbons (Fsp3) is 0.0714. The quantitative estimate of drug-likeness (QED) is 0.585. The van der Waals surface area contributed by atoms with Crippen LogP contribution in [-0.2, 0) is 0 Å². The maximum atomic E-state index is 12.0. The van der Waals surface area contributed by atoms with E-state index in [1.165, 1.54) is 36.4 Å². The summed E-state index contributed by atoms with van der Waals surface area (Å²) in [5.41, 5.74) is 1.16. The Morgan fingerprint density at radius 2 is 1.36 bits per heavy atom. The first-order valence-corrected chi connectivity index (χ1v) is 6.45. The lowest BCUT2D eigenvalue weighted by Crippen LogP contribution is -2.19.